The molecule has 0 aromatic heterocycles. The fraction of sp³-hybridized carbons (Fsp3) is 0.632. The van der Waals surface area contributed by atoms with Crippen LogP contribution in [-0.2, 0) is 17.6 Å². The summed E-state index contributed by atoms with van der Waals surface area (Å²) in [6, 6.07) is 9.44. The minimum atomic E-state index is 0.177. The molecule has 4 nitrogen and oxygen atoms in total. The zero-order valence-corrected chi connectivity index (χ0v) is 14.4. The first-order valence-corrected chi connectivity index (χ1v) is 8.87. The smallest absolute Gasteiger partial charge is 0.234 e. The molecule has 1 atom stereocenters. The van der Waals surface area contributed by atoms with Gasteiger partial charge in [0.25, 0.3) is 0 Å². The number of likely N-dealkylation sites (tertiary alicyclic amines) is 1. The Bertz CT molecular complexity index is 537. The van der Waals surface area contributed by atoms with E-state index in [0.29, 0.717) is 18.6 Å². The lowest BCUT2D eigenvalue weighted by molar-refractivity contribution is -0.123. The fourth-order valence-corrected chi connectivity index (χ4v) is 3.89. The molecule has 1 N–H and O–H groups in total. The van der Waals surface area contributed by atoms with Crippen LogP contribution >= 0.6 is 0 Å². The van der Waals surface area contributed by atoms with Crippen LogP contribution in [0.5, 0.6) is 0 Å². The van der Waals surface area contributed by atoms with Crippen LogP contribution < -0.4 is 5.32 Å². The highest BCUT2D eigenvalue weighted by molar-refractivity contribution is 5.78. The highest BCUT2D eigenvalue weighted by Crippen LogP contribution is 2.21. The number of piperidine rings is 1. The van der Waals surface area contributed by atoms with E-state index in [-0.39, 0.29) is 5.91 Å². The van der Waals surface area contributed by atoms with Crippen LogP contribution in [0.3, 0.4) is 0 Å². The first-order chi connectivity index (χ1) is 11.1. The Morgan fingerprint density at radius 2 is 1.91 bits per heavy atom. The molecule has 1 fully saturated rings. The number of aryl methyl sites for hydroxylation is 1. The van der Waals surface area contributed by atoms with Gasteiger partial charge in [-0.1, -0.05) is 24.3 Å². The molecular formula is C19H29N3O. The minimum absolute atomic E-state index is 0.177. The SMILES string of the molecule is CN1CCC(N(C)CC(=O)N[C@@H]2CCc3ccccc3C2)CC1. The van der Waals surface area contributed by atoms with Gasteiger partial charge in [-0.15, -0.1) is 0 Å². The number of hydrogen-bond acceptors (Lipinski definition) is 3. The molecular weight excluding hydrogens is 286 g/mol. The zero-order chi connectivity index (χ0) is 16.2. The molecule has 2 aliphatic rings. The van der Waals surface area contributed by atoms with Crippen LogP contribution in [0, 0.1) is 0 Å². The Balaban J connectivity index is 1.46. The average Bonchev–Trinajstić information content (AvgIpc) is 2.55. The van der Waals surface area contributed by atoms with E-state index >= 15 is 0 Å². The van der Waals surface area contributed by atoms with Crippen LogP contribution in [0.4, 0.5) is 0 Å². The third-order valence-electron chi connectivity index (χ3n) is 5.42. The summed E-state index contributed by atoms with van der Waals surface area (Å²) in [4.78, 5) is 17.0. The second-order valence-corrected chi connectivity index (χ2v) is 7.23. The van der Waals surface area contributed by atoms with Crippen molar-refractivity contribution in [1.82, 2.24) is 15.1 Å². The highest BCUT2D eigenvalue weighted by atomic mass is 16.2. The maximum absolute atomic E-state index is 12.4. The van der Waals surface area contributed by atoms with Crippen LogP contribution in [0.1, 0.15) is 30.4 Å². The third kappa shape index (κ3) is 4.33. The lowest BCUT2D eigenvalue weighted by Crippen LogP contribution is -2.48. The first-order valence-electron chi connectivity index (χ1n) is 8.87. The molecule has 0 spiro atoms. The quantitative estimate of drug-likeness (QED) is 0.918. The van der Waals surface area contributed by atoms with Crippen molar-refractivity contribution in [3.8, 4) is 0 Å². The Hall–Kier alpha value is -1.39. The Morgan fingerprint density at radius 1 is 1.22 bits per heavy atom. The largest absolute Gasteiger partial charge is 0.352 e. The van der Waals surface area contributed by atoms with Crippen molar-refractivity contribution in [3.63, 3.8) is 0 Å². The van der Waals surface area contributed by atoms with Gasteiger partial charge in [0.2, 0.25) is 5.91 Å². The lowest BCUT2D eigenvalue weighted by Gasteiger charge is -2.35. The highest BCUT2D eigenvalue weighted by Gasteiger charge is 2.24. The van der Waals surface area contributed by atoms with Gasteiger partial charge >= 0.3 is 0 Å². The number of carbonyl (C=O) groups is 1. The van der Waals surface area contributed by atoms with Gasteiger partial charge in [0.15, 0.2) is 0 Å². The molecule has 1 aliphatic carbocycles. The maximum Gasteiger partial charge on any atom is 0.234 e. The van der Waals surface area contributed by atoms with E-state index in [0.717, 1.165) is 45.2 Å². The Morgan fingerprint density at radius 3 is 2.65 bits per heavy atom. The fourth-order valence-electron chi connectivity index (χ4n) is 3.89. The summed E-state index contributed by atoms with van der Waals surface area (Å²) in [7, 11) is 4.26. The van der Waals surface area contributed by atoms with E-state index in [2.05, 4.69) is 53.5 Å². The van der Waals surface area contributed by atoms with Crippen molar-refractivity contribution in [3.05, 3.63) is 35.4 Å². The molecule has 4 heteroatoms. The summed E-state index contributed by atoms with van der Waals surface area (Å²) >= 11 is 0. The Labute approximate surface area is 139 Å². The van der Waals surface area contributed by atoms with Crippen LogP contribution in [-0.4, -0.2) is 61.5 Å². The molecule has 1 heterocycles. The molecule has 1 amide bonds. The van der Waals surface area contributed by atoms with E-state index < -0.39 is 0 Å². The molecule has 3 rings (SSSR count). The minimum Gasteiger partial charge on any atom is -0.352 e. The van der Waals surface area contributed by atoms with Crippen molar-refractivity contribution < 1.29 is 4.79 Å². The van der Waals surface area contributed by atoms with Crippen molar-refractivity contribution >= 4 is 5.91 Å². The molecule has 1 aromatic rings. The molecule has 1 aromatic carbocycles. The second kappa shape index (κ2) is 7.45. The van der Waals surface area contributed by atoms with Gasteiger partial charge in [-0.05, 0) is 70.4 Å². The number of hydrogen-bond donors (Lipinski definition) is 1. The van der Waals surface area contributed by atoms with Gasteiger partial charge in [0.05, 0.1) is 6.54 Å². The maximum atomic E-state index is 12.4. The summed E-state index contributed by atoms with van der Waals surface area (Å²) in [5.74, 6) is 0.177. The van der Waals surface area contributed by atoms with Crippen LogP contribution in [0.15, 0.2) is 24.3 Å². The third-order valence-corrected chi connectivity index (χ3v) is 5.42. The summed E-state index contributed by atoms with van der Waals surface area (Å²) in [5, 5.41) is 3.25. The summed E-state index contributed by atoms with van der Waals surface area (Å²) in [6.45, 7) is 2.79. The number of carbonyl (C=O) groups excluding carboxylic acids is 1. The number of nitrogens with one attached hydrogen (secondary N) is 1. The van der Waals surface area contributed by atoms with E-state index in [9.17, 15) is 4.79 Å². The van der Waals surface area contributed by atoms with Gasteiger partial charge in [0, 0.05) is 12.1 Å². The molecule has 1 aliphatic heterocycles. The van der Waals surface area contributed by atoms with E-state index in [1.165, 1.54) is 11.1 Å². The standard InChI is InChI=1S/C19H29N3O/c1-21-11-9-18(10-12-21)22(2)14-19(23)20-17-8-7-15-5-3-4-6-16(15)13-17/h3-6,17-18H,7-14H2,1-2H3,(H,20,23)/t17-/m1/s1. The van der Waals surface area contributed by atoms with Gasteiger partial charge in [0.1, 0.15) is 0 Å². The van der Waals surface area contributed by atoms with Crippen molar-refractivity contribution in [1.29, 1.82) is 0 Å². The monoisotopic (exact) mass is 315 g/mol. The molecule has 126 valence electrons. The summed E-state index contributed by atoms with van der Waals surface area (Å²) in [5.41, 5.74) is 2.84. The van der Waals surface area contributed by atoms with Crippen molar-refractivity contribution in [2.45, 2.75) is 44.2 Å². The first kappa shape index (κ1) is 16.5. The van der Waals surface area contributed by atoms with Crippen molar-refractivity contribution in [2.24, 2.45) is 0 Å². The molecule has 0 bridgehead atoms. The zero-order valence-electron chi connectivity index (χ0n) is 14.4. The molecule has 0 saturated carbocycles. The van der Waals surface area contributed by atoms with Gasteiger partial charge < -0.3 is 10.2 Å². The molecule has 23 heavy (non-hydrogen) atoms. The van der Waals surface area contributed by atoms with Gasteiger partial charge in [-0.25, -0.2) is 0 Å². The topological polar surface area (TPSA) is 35.6 Å². The predicted octanol–water partition coefficient (Wildman–Crippen LogP) is 1.69. The van der Waals surface area contributed by atoms with Gasteiger partial charge in [-0.3, -0.25) is 9.69 Å². The van der Waals surface area contributed by atoms with E-state index in [1.54, 1.807) is 0 Å². The van der Waals surface area contributed by atoms with E-state index in [4.69, 9.17) is 0 Å². The Kier molecular flexibility index (Phi) is 5.34. The second-order valence-electron chi connectivity index (χ2n) is 7.23. The summed E-state index contributed by atoms with van der Waals surface area (Å²) < 4.78 is 0. The van der Waals surface area contributed by atoms with Crippen molar-refractivity contribution in [2.75, 3.05) is 33.7 Å². The molecule has 0 radical (unpaired) electrons. The number of amides is 1. The number of nitrogens with zero attached hydrogens (tertiary/aromatic N) is 2. The number of likely N-dealkylation sites (N-methyl/N-ethyl adjacent to an activating group) is 1. The molecule has 1 saturated heterocycles. The summed E-state index contributed by atoms with van der Waals surface area (Å²) in [6.07, 6.45) is 5.43. The lowest BCUT2D eigenvalue weighted by atomic mass is 9.88. The molecule has 0 unspecified atom stereocenters. The number of rotatable bonds is 4. The average molecular weight is 315 g/mol. The number of fused-ring (bicyclic) bond motifs is 1. The van der Waals surface area contributed by atoms with E-state index in [1.807, 2.05) is 0 Å². The predicted molar refractivity (Wildman–Crippen MR) is 93.5 cm³/mol. The number of benzene rings is 1. The van der Waals surface area contributed by atoms with Crippen LogP contribution in [0.2, 0.25) is 0 Å². The normalized spacial score (nSPS) is 22.8. The van der Waals surface area contributed by atoms with Crippen LogP contribution in [0.25, 0.3) is 0 Å². The van der Waals surface area contributed by atoms with Gasteiger partial charge in [-0.2, -0.15) is 0 Å².